The van der Waals surface area contributed by atoms with Crippen LogP contribution < -0.4 is 15.4 Å². The van der Waals surface area contributed by atoms with Gasteiger partial charge in [-0.3, -0.25) is 9.59 Å². The first-order valence-electron chi connectivity index (χ1n) is 10.8. The van der Waals surface area contributed by atoms with E-state index in [1.807, 2.05) is 48.7 Å². The maximum atomic E-state index is 12.8. The summed E-state index contributed by atoms with van der Waals surface area (Å²) in [5, 5.41) is 8.62. The molecular weight excluding hydrogens is 537 g/mol. The SMILES string of the molecule is CC(Sc1cccc(NC(=O)COc2ccccc2)c1)C(=O)Nc1nc(-c2ccc(Cl)cc2Cl)cs1. The number of thiazole rings is 1. The van der Waals surface area contributed by atoms with E-state index in [2.05, 4.69) is 15.6 Å². The molecule has 0 saturated carbocycles. The van der Waals surface area contributed by atoms with Crippen LogP contribution in [0, 0.1) is 0 Å². The Morgan fingerprint density at radius 2 is 1.83 bits per heavy atom. The van der Waals surface area contributed by atoms with Gasteiger partial charge in [0, 0.05) is 26.5 Å². The van der Waals surface area contributed by atoms with Gasteiger partial charge in [0.2, 0.25) is 5.91 Å². The van der Waals surface area contributed by atoms with Gasteiger partial charge in [0.1, 0.15) is 5.75 Å². The fourth-order valence-electron chi connectivity index (χ4n) is 3.13. The van der Waals surface area contributed by atoms with Gasteiger partial charge in [-0.05, 0) is 55.5 Å². The third kappa shape index (κ3) is 7.24. The highest BCUT2D eigenvalue weighted by Gasteiger charge is 2.17. The number of rotatable bonds is 9. The van der Waals surface area contributed by atoms with Crippen molar-refractivity contribution in [2.75, 3.05) is 17.2 Å². The third-order valence-corrected chi connectivity index (χ3v) is 7.25. The Morgan fingerprint density at radius 1 is 1.03 bits per heavy atom. The van der Waals surface area contributed by atoms with Crippen molar-refractivity contribution < 1.29 is 14.3 Å². The van der Waals surface area contributed by atoms with E-state index < -0.39 is 5.25 Å². The second-order valence-electron chi connectivity index (χ2n) is 7.59. The molecule has 3 aromatic carbocycles. The Morgan fingerprint density at radius 3 is 2.61 bits per heavy atom. The summed E-state index contributed by atoms with van der Waals surface area (Å²) < 4.78 is 5.48. The molecule has 0 spiro atoms. The van der Waals surface area contributed by atoms with Gasteiger partial charge in [-0.25, -0.2) is 4.98 Å². The second kappa shape index (κ2) is 12.3. The first-order valence-corrected chi connectivity index (χ1v) is 13.3. The third-order valence-electron chi connectivity index (χ3n) is 4.85. The monoisotopic (exact) mass is 557 g/mol. The van der Waals surface area contributed by atoms with Crippen LogP contribution in [0.5, 0.6) is 5.75 Å². The van der Waals surface area contributed by atoms with Gasteiger partial charge in [0.25, 0.3) is 5.91 Å². The lowest BCUT2D eigenvalue weighted by molar-refractivity contribution is -0.118. The van der Waals surface area contributed by atoms with Crippen molar-refractivity contribution >= 4 is 68.9 Å². The molecule has 36 heavy (non-hydrogen) atoms. The highest BCUT2D eigenvalue weighted by Crippen LogP contribution is 2.33. The Bertz CT molecular complexity index is 1370. The van der Waals surface area contributed by atoms with E-state index in [0.717, 1.165) is 10.5 Å². The van der Waals surface area contributed by atoms with Gasteiger partial charge < -0.3 is 15.4 Å². The highest BCUT2D eigenvalue weighted by molar-refractivity contribution is 8.00. The van der Waals surface area contributed by atoms with E-state index in [4.69, 9.17) is 27.9 Å². The lowest BCUT2D eigenvalue weighted by Gasteiger charge is -2.12. The topological polar surface area (TPSA) is 80.3 Å². The number of anilines is 2. The van der Waals surface area contributed by atoms with E-state index >= 15 is 0 Å². The van der Waals surface area contributed by atoms with E-state index in [1.54, 1.807) is 36.4 Å². The van der Waals surface area contributed by atoms with Crippen molar-refractivity contribution in [3.05, 3.63) is 88.2 Å². The standard InChI is InChI=1S/C26H21Cl2N3O3S2/c1-16(25(33)31-26-30-23(15-35-26)21-11-10-17(27)12-22(21)28)36-20-9-5-6-18(13-20)29-24(32)14-34-19-7-3-2-4-8-19/h2-13,15-16H,14H2,1H3,(H,29,32)(H,30,31,33). The zero-order valence-corrected chi connectivity index (χ0v) is 22.2. The molecular formula is C26H21Cl2N3O3S2. The number of ether oxygens (including phenoxy) is 1. The van der Waals surface area contributed by atoms with Crippen LogP contribution in [0.15, 0.2) is 83.1 Å². The lowest BCUT2D eigenvalue weighted by Crippen LogP contribution is -2.22. The number of thioether (sulfide) groups is 1. The van der Waals surface area contributed by atoms with Crippen LogP contribution in [0.3, 0.4) is 0 Å². The molecule has 0 saturated heterocycles. The minimum Gasteiger partial charge on any atom is -0.484 e. The van der Waals surface area contributed by atoms with Gasteiger partial charge in [0.15, 0.2) is 11.7 Å². The number of aromatic nitrogens is 1. The van der Waals surface area contributed by atoms with Gasteiger partial charge in [-0.15, -0.1) is 23.1 Å². The summed E-state index contributed by atoms with van der Waals surface area (Å²) in [5.41, 5.74) is 2.03. The average Bonchev–Trinajstić information content (AvgIpc) is 3.31. The number of para-hydroxylation sites is 1. The van der Waals surface area contributed by atoms with Crippen LogP contribution >= 0.6 is 46.3 Å². The van der Waals surface area contributed by atoms with Crippen molar-refractivity contribution in [1.82, 2.24) is 4.98 Å². The molecule has 4 rings (SSSR count). The predicted octanol–water partition coefficient (Wildman–Crippen LogP) is 7.25. The summed E-state index contributed by atoms with van der Waals surface area (Å²) in [5.74, 6) is 0.168. The van der Waals surface area contributed by atoms with Crippen molar-refractivity contribution in [3.63, 3.8) is 0 Å². The summed E-state index contributed by atoms with van der Waals surface area (Å²) in [6.45, 7) is 1.71. The van der Waals surface area contributed by atoms with E-state index in [0.29, 0.717) is 32.3 Å². The predicted molar refractivity (Wildman–Crippen MR) is 149 cm³/mol. The first-order chi connectivity index (χ1) is 17.4. The molecule has 1 atom stereocenters. The fraction of sp³-hybridized carbons (Fsp3) is 0.115. The number of carbonyl (C=O) groups excluding carboxylic acids is 2. The van der Waals surface area contributed by atoms with E-state index in [9.17, 15) is 9.59 Å². The maximum Gasteiger partial charge on any atom is 0.262 e. The van der Waals surface area contributed by atoms with Crippen LogP contribution in [0.2, 0.25) is 10.0 Å². The Kier molecular flexibility index (Phi) is 8.88. The summed E-state index contributed by atoms with van der Waals surface area (Å²) in [7, 11) is 0. The molecule has 0 radical (unpaired) electrons. The zero-order chi connectivity index (χ0) is 25.5. The summed E-state index contributed by atoms with van der Waals surface area (Å²) in [4.78, 5) is 30.3. The number of hydrogen-bond donors (Lipinski definition) is 2. The maximum absolute atomic E-state index is 12.8. The molecule has 10 heteroatoms. The molecule has 1 aromatic heterocycles. The summed E-state index contributed by atoms with van der Waals surface area (Å²) in [6.07, 6.45) is 0. The highest BCUT2D eigenvalue weighted by atomic mass is 35.5. The summed E-state index contributed by atoms with van der Waals surface area (Å²) >= 11 is 14.9. The van der Waals surface area contributed by atoms with Crippen molar-refractivity contribution in [2.45, 2.75) is 17.1 Å². The average molecular weight is 559 g/mol. The molecule has 1 unspecified atom stereocenters. The summed E-state index contributed by atoms with van der Waals surface area (Å²) in [6, 6.07) is 21.6. The normalized spacial score (nSPS) is 11.5. The van der Waals surface area contributed by atoms with Gasteiger partial charge >= 0.3 is 0 Å². The van der Waals surface area contributed by atoms with Crippen molar-refractivity contribution in [3.8, 4) is 17.0 Å². The van der Waals surface area contributed by atoms with Crippen LogP contribution in [-0.2, 0) is 9.59 Å². The first kappa shape index (κ1) is 26.0. The van der Waals surface area contributed by atoms with Crippen molar-refractivity contribution in [2.24, 2.45) is 0 Å². The smallest absolute Gasteiger partial charge is 0.262 e. The lowest BCUT2D eigenvalue weighted by atomic mass is 10.2. The second-order valence-corrected chi connectivity index (χ2v) is 10.7. The number of nitrogens with zero attached hydrogens (tertiary/aromatic N) is 1. The Balaban J connectivity index is 1.31. The van der Waals surface area contributed by atoms with Crippen LogP contribution in [0.4, 0.5) is 10.8 Å². The molecule has 184 valence electrons. The zero-order valence-electron chi connectivity index (χ0n) is 19.0. The molecule has 0 fully saturated rings. The largest absolute Gasteiger partial charge is 0.484 e. The molecule has 0 bridgehead atoms. The quantitative estimate of drug-likeness (QED) is 0.212. The number of benzene rings is 3. The van der Waals surface area contributed by atoms with Crippen LogP contribution in [-0.4, -0.2) is 28.7 Å². The molecule has 6 nitrogen and oxygen atoms in total. The number of nitrogens with one attached hydrogen (secondary N) is 2. The van der Waals surface area contributed by atoms with Gasteiger partial charge in [-0.1, -0.05) is 47.5 Å². The van der Waals surface area contributed by atoms with E-state index in [-0.39, 0.29) is 18.4 Å². The minimum atomic E-state index is -0.399. The molecule has 0 aliphatic rings. The Labute approximate surface area is 227 Å². The molecule has 2 amide bonds. The molecule has 1 heterocycles. The van der Waals surface area contributed by atoms with Crippen LogP contribution in [0.1, 0.15) is 6.92 Å². The van der Waals surface area contributed by atoms with Gasteiger partial charge in [0.05, 0.1) is 16.0 Å². The Hall–Kier alpha value is -3.04. The fourth-order valence-corrected chi connectivity index (χ4v) is 5.27. The van der Waals surface area contributed by atoms with Gasteiger partial charge in [-0.2, -0.15) is 0 Å². The minimum absolute atomic E-state index is 0.1000. The number of halogens is 2. The molecule has 0 aliphatic heterocycles. The molecule has 0 aliphatic carbocycles. The van der Waals surface area contributed by atoms with Crippen molar-refractivity contribution in [1.29, 1.82) is 0 Å². The number of hydrogen-bond acceptors (Lipinski definition) is 6. The van der Waals surface area contributed by atoms with E-state index in [1.165, 1.54) is 23.1 Å². The number of amides is 2. The van der Waals surface area contributed by atoms with Crippen LogP contribution in [0.25, 0.3) is 11.3 Å². The number of carbonyl (C=O) groups is 2. The molecule has 2 N–H and O–H groups in total. The molecule has 4 aromatic rings.